The zero-order chi connectivity index (χ0) is 22.1. The summed E-state index contributed by atoms with van der Waals surface area (Å²) in [4.78, 5) is 34.5. The molecule has 2 aliphatic heterocycles. The molecule has 1 fully saturated rings. The number of likely N-dealkylation sites (tertiary alicyclic amines) is 1. The number of aromatic nitrogens is 1. The van der Waals surface area contributed by atoms with Crippen molar-refractivity contribution >= 4 is 17.5 Å². The summed E-state index contributed by atoms with van der Waals surface area (Å²) in [6.45, 7) is 0.701. The number of hydrogen-bond acceptors (Lipinski definition) is 5. The number of amides is 2. The fraction of sp³-hybridized carbons (Fsp3) is 0.240. The SMILES string of the molecule is COc1ccc(CN2C(=O)[C@@H]3C[C@@H](CN3C(=O)c3ccccn3)Oc3ccccc32)cc1. The van der Waals surface area contributed by atoms with Gasteiger partial charge < -0.3 is 19.3 Å². The van der Waals surface area contributed by atoms with E-state index in [1.807, 2.05) is 48.5 Å². The molecule has 162 valence electrons. The highest BCUT2D eigenvalue weighted by Gasteiger charge is 2.45. The Labute approximate surface area is 186 Å². The first kappa shape index (κ1) is 20.1. The second-order valence-corrected chi connectivity index (χ2v) is 7.90. The zero-order valence-electron chi connectivity index (χ0n) is 17.7. The summed E-state index contributed by atoms with van der Waals surface area (Å²) in [6.07, 6.45) is 1.78. The van der Waals surface area contributed by atoms with Crippen LogP contribution in [0.3, 0.4) is 0 Å². The lowest BCUT2D eigenvalue weighted by Gasteiger charge is -2.31. The average molecular weight is 429 g/mol. The number of pyridine rings is 1. The van der Waals surface area contributed by atoms with Crippen molar-refractivity contribution in [3.05, 3.63) is 84.2 Å². The summed E-state index contributed by atoms with van der Waals surface area (Å²) in [7, 11) is 1.62. The smallest absolute Gasteiger partial charge is 0.273 e. The Morgan fingerprint density at radius 2 is 1.88 bits per heavy atom. The van der Waals surface area contributed by atoms with Gasteiger partial charge in [-0.05, 0) is 42.0 Å². The van der Waals surface area contributed by atoms with E-state index in [0.717, 1.165) is 11.3 Å². The lowest BCUT2D eigenvalue weighted by Crippen LogP contribution is -2.48. The van der Waals surface area contributed by atoms with Crippen LogP contribution >= 0.6 is 0 Å². The van der Waals surface area contributed by atoms with Gasteiger partial charge in [0, 0.05) is 12.6 Å². The van der Waals surface area contributed by atoms with Crippen molar-refractivity contribution in [3.63, 3.8) is 0 Å². The van der Waals surface area contributed by atoms with Gasteiger partial charge in [-0.3, -0.25) is 14.6 Å². The predicted octanol–water partition coefficient (Wildman–Crippen LogP) is 3.30. The number of rotatable bonds is 4. The third-order valence-electron chi connectivity index (χ3n) is 5.91. The van der Waals surface area contributed by atoms with Gasteiger partial charge in [0.1, 0.15) is 29.3 Å². The molecule has 0 aliphatic carbocycles. The first-order valence-electron chi connectivity index (χ1n) is 10.6. The molecule has 0 N–H and O–H groups in total. The molecule has 7 nitrogen and oxygen atoms in total. The summed E-state index contributed by atoms with van der Waals surface area (Å²) in [5.74, 6) is 1.01. The van der Waals surface area contributed by atoms with Crippen molar-refractivity contribution in [1.82, 2.24) is 9.88 Å². The van der Waals surface area contributed by atoms with Crippen LogP contribution in [0.25, 0.3) is 0 Å². The van der Waals surface area contributed by atoms with Crippen molar-refractivity contribution in [2.24, 2.45) is 0 Å². The van der Waals surface area contributed by atoms with Crippen molar-refractivity contribution in [2.75, 3.05) is 18.6 Å². The topological polar surface area (TPSA) is 72.0 Å². The Morgan fingerprint density at radius 1 is 1.09 bits per heavy atom. The molecule has 1 saturated heterocycles. The van der Waals surface area contributed by atoms with Crippen LogP contribution in [-0.2, 0) is 11.3 Å². The Balaban J connectivity index is 1.50. The normalized spacial score (nSPS) is 19.6. The molecule has 0 spiro atoms. The average Bonchev–Trinajstić information content (AvgIpc) is 3.27. The zero-order valence-corrected chi connectivity index (χ0v) is 17.7. The minimum Gasteiger partial charge on any atom is -0.497 e. The number of nitrogens with zero attached hydrogens (tertiary/aromatic N) is 3. The standard InChI is InChI=1S/C25H23N3O4/c1-31-18-11-9-17(10-12-18)15-27-21-7-2-3-8-23(21)32-19-14-22(25(27)30)28(16-19)24(29)20-6-4-5-13-26-20/h2-13,19,22H,14-16H2,1H3/t19-,22-/m0/s1. The van der Waals surface area contributed by atoms with E-state index in [2.05, 4.69) is 4.98 Å². The van der Waals surface area contributed by atoms with Crippen molar-refractivity contribution in [1.29, 1.82) is 0 Å². The molecule has 2 amide bonds. The van der Waals surface area contributed by atoms with Gasteiger partial charge in [-0.15, -0.1) is 0 Å². The Hall–Kier alpha value is -3.87. The molecular weight excluding hydrogens is 406 g/mol. The number of ether oxygens (including phenoxy) is 2. The third-order valence-corrected chi connectivity index (χ3v) is 5.91. The van der Waals surface area contributed by atoms with Crippen LogP contribution in [0.2, 0.25) is 0 Å². The molecule has 2 bridgehead atoms. The molecule has 0 unspecified atom stereocenters. The largest absolute Gasteiger partial charge is 0.497 e. The number of para-hydroxylation sites is 2. The molecule has 32 heavy (non-hydrogen) atoms. The van der Waals surface area contributed by atoms with Crippen LogP contribution < -0.4 is 14.4 Å². The minimum atomic E-state index is -0.610. The number of methoxy groups -OCH3 is 1. The van der Waals surface area contributed by atoms with E-state index in [1.165, 1.54) is 0 Å². The maximum absolute atomic E-state index is 13.8. The van der Waals surface area contributed by atoms with Crippen LogP contribution in [0.1, 0.15) is 22.5 Å². The number of hydrogen-bond donors (Lipinski definition) is 0. The van der Waals surface area contributed by atoms with E-state index in [1.54, 1.807) is 41.3 Å². The monoisotopic (exact) mass is 429 g/mol. The molecule has 2 aliphatic rings. The van der Waals surface area contributed by atoms with Crippen LogP contribution in [0.15, 0.2) is 72.9 Å². The Morgan fingerprint density at radius 3 is 2.62 bits per heavy atom. The molecule has 0 radical (unpaired) electrons. The van der Waals surface area contributed by atoms with E-state index < -0.39 is 6.04 Å². The third kappa shape index (κ3) is 3.66. The Kier molecular flexibility index (Phi) is 5.23. The van der Waals surface area contributed by atoms with Crippen LogP contribution in [0, 0.1) is 0 Å². The van der Waals surface area contributed by atoms with E-state index in [0.29, 0.717) is 36.6 Å². The molecule has 2 atom stereocenters. The van der Waals surface area contributed by atoms with Gasteiger partial charge in [-0.25, -0.2) is 0 Å². The number of benzene rings is 2. The van der Waals surface area contributed by atoms with Gasteiger partial charge in [0.25, 0.3) is 5.91 Å². The van der Waals surface area contributed by atoms with Crippen LogP contribution in [0.4, 0.5) is 5.69 Å². The second-order valence-electron chi connectivity index (χ2n) is 7.90. The first-order chi connectivity index (χ1) is 15.6. The summed E-state index contributed by atoms with van der Waals surface area (Å²) >= 11 is 0. The lowest BCUT2D eigenvalue weighted by molar-refractivity contribution is -0.122. The van der Waals surface area contributed by atoms with Gasteiger partial charge in [0.15, 0.2) is 0 Å². The van der Waals surface area contributed by atoms with E-state index in [9.17, 15) is 9.59 Å². The van der Waals surface area contributed by atoms with E-state index in [-0.39, 0.29) is 17.9 Å². The summed E-state index contributed by atoms with van der Waals surface area (Å²) in [6, 6.07) is 19.7. The number of carbonyl (C=O) groups excluding carboxylic acids is 2. The predicted molar refractivity (Wildman–Crippen MR) is 119 cm³/mol. The Bertz CT molecular complexity index is 1130. The van der Waals surface area contributed by atoms with Crippen LogP contribution in [0.5, 0.6) is 11.5 Å². The van der Waals surface area contributed by atoms with Gasteiger partial charge >= 0.3 is 0 Å². The van der Waals surface area contributed by atoms with Gasteiger partial charge in [-0.2, -0.15) is 0 Å². The second kappa shape index (κ2) is 8.34. The fourth-order valence-corrected chi connectivity index (χ4v) is 4.31. The maximum atomic E-state index is 13.8. The minimum absolute atomic E-state index is 0.122. The van der Waals surface area contributed by atoms with Crippen LogP contribution in [-0.4, -0.2) is 47.5 Å². The molecule has 2 aromatic carbocycles. The highest BCUT2D eigenvalue weighted by Crippen LogP contribution is 2.37. The summed E-state index contributed by atoms with van der Waals surface area (Å²) in [5, 5.41) is 0. The van der Waals surface area contributed by atoms with Crippen molar-refractivity contribution < 1.29 is 19.1 Å². The molecule has 5 rings (SSSR count). The van der Waals surface area contributed by atoms with Gasteiger partial charge in [-0.1, -0.05) is 30.3 Å². The fourth-order valence-electron chi connectivity index (χ4n) is 4.31. The van der Waals surface area contributed by atoms with Gasteiger partial charge in [0.2, 0.25) is 5.91 Å². The molecule has 3 heterocycles. The summed E-state index contributed by atoms with van der Waals surface area (Å²) in [5.41, 5.74) is 1.98. The lowest BCUT2D eigenvalue weighted by atomic mass is 10.1. The summed E-state index contributed by atoms with van der Waals surface area (Å²) < 4.78 is 11.5. The van der Waals surface area contributed by atoms with Crippen molar-refractivity contribution in [2.45, 2.75) is 25.1 Å². The highest BCUT2D eigenvalue weighted by atomic mass is 16.5. The number of anilines is 1. The molecule has 3 aromatic rings. The van der Waals surface area contributed by atoms with E-state index in [4.69, 9.17) is 9.47 Å². The molecule has 7 heteroatoms. The number of fused-ring (bicyclic) bond motifs is 3. The molecular formula is C25H23N3O4. The van der Waals surface area contributed by atoms with Gasteiger partial charge in [0.05, 0.1) is 25.9 Å². The molecule has 1 aromatic heterocycles. The first-order valence-corrected chi connectivity index (χ1v) is 10.6. The highest BCUT2D eigenvalue weighted by molar-refractivity contribution is 6.03. The molecule has 0 saturated carbocycles. The van der Waals surface area contributed by atoms with E-state index >= 15 is 0 Å². The maximum Gasteiger partial charge on any atom is 0.273 e. The van der Waals surface area contributed by atoms with Crippen molar-refractivity contribution in [3.8, 4) is 11.5 Å². The number of carbonyl (C=O) groups is 2. The quantitative estimate of drug-likeness (QED) is 0.636.